The normalized spacial score (nSPS) is 22.7. The average Bonchev–Trinajstić information content (AvgIpc) is 2.87. The summed E-state index contributed by atoms with van der Waals surface area (Å²) in [4.78, 5) is 11.4. The first-order valence-electron chi connectivity index (χ1n) is 6.58. The summed E-state index contributed by atoms with van der Waals surface area (Å²) in [6.07, 6.45) is 1.90. The molecule has 0 radical (unpaired) electrons. The number of methoxy groups -OCH3 is 1. The molecule has 0 saturated carbocycles. The Morgan fingerprint density at radius 3 is 2.47 bits per heavy atom. The minimum absolute atomic E-state index is 0.0818. The van der Waals surface area contributed by atoms with E-state index in [0.717, 1.165) is 18.4 Å². The van der Waals surface area contributed by atoms with Crippen molar-refractivity contribution in [2.75, 3.05) is 13.7 Å². The van der Waals surface area contributed by atoms with Gasteiger partial charge in [0.25, 0.3) is 0 Å². The fourth-order valence-corrected chi connectivity index (χ4v) is 2.36. The van der Waals surface area contributed by atoms with Gasteiger partial charge in [0, 0.05) is 12.0 Å². The molecular weight excluding hydrogens is 244 g/mol. The molecule has 0 amide bonds. The molecule has 0 aromatic heterocycles. The van der Waals surface area contributed by atoms with Crippen LogP contribution in [0, 0.1) is 0 Å². The topological polar surface area (TPSA) is 44.8 Å². The molecule has 0 N–H and O–H groups in total. The third-order valence-electron chi connectivity index (χ3n) is 3.16. The Balaban J connectivity index is 2.25. The van der Waals surface area contributed by atoms with E-state index >= 15 is 0 Å². The minimum Gasteiger partial charge on any atom is -0.465 e. The van der Waals surface area contributed by atoms with Gasteiger partial charge in [0.15, 0.2) is 5.79 Å². The highest BCUT2D eigenvalue weighted by molar-refractivity contribution is 5.89. The molecule has 1 aliphatic heterocycles. The monoisotopic (exact) mass is 264 g/mol. The fourth-order valence-electron chi connectivity index (χ4n) is 2.36. The lowest BCUT2D eigenvalue weighted by atomic mass is 10.0. The Morgan fingerprint density at radius 2 is 2.00 bits per heavy atom. The van der Waals surface area contributed by atoms with Gasteiger partial charge in [-0.1, -0.05) is 12.1 Å². The van der Waals surface area contributed by atoms with E-state index in [1.54, 1.807) is 12.1 Å². The third-order valence-corrected chi connectivity index (χ3v) is 3.16. The Kier molecular flexibility index (Phi) is 4.22. The number of esters is 1. The summed E-state index contributed by atoms with van der Waals surface area (Å²) >= 11 is 0. The fraction of sp³-hybridized carbons (Fsp3) is 0.533. The molecule has 4 nitrogen and oxygen atoms in total. The number of benzene rings is 1. The maximum Gasteiger partial charge on any atom is 0.337 e. The van der Waals surface area contributed by atoms with Gasteiger partial charge in [-0.25, -0.2) is 4.79 Å². The van der Waals surface area contributed by atoms with Crippen molar-refractivity contribution in [1.29, 1.82) is 0 Å². The first kappa shape index (κ1) is 14.0. The molecular formula is C15H20O4. The summed E-state index contributed by atoms with van der Waals surface area (Å²) in [6, 6.07) is 7.24. The first-order valence-corrected chi connectivity index (χ1v) is 6.58. The van der Waals surface area contributed by atoms with Crippen molar-refractivity contribution in [3.8, 4) is 0 Å². The van der Waals surface area contributed by atoms with Gasteiger partial charge in [-0.3, -0.25) is 0 Å². The molecule has 2 rings (SSSR count). The highest BCUT2D eigenvalue weighted by Gasteiger charge is 2.39. The van der Waals surface area contributed by atoms with Crippen LogP contribution < -0.4 is 0 Å². The van der Waals surface area contributed by atoms with Crippen LogP contribution in [0.5, 0.6) is 0 Å². The first-order chi connectivity index (χ1) is 9.07. The molecule has 1 aromatic rings. The number of carbonyl (C=O) groups is 1. The second-order valence-corrected chi connectivity index (χ2v) is 4.94. The second-order valence-electron chi connectivity index (χ2n) is 4.94. The number of hydrogen-bond donors (Lipinski definition) is 0. The molecule has 1 aliphatic rings. The van der Waals surface area contributed by atoms with Crippen molar-refractivity contribution in [3.63, 3.8) is 0 Å². The zero-order chi connectivity index (χ0) is 13.9. The van der Waals surface area contributed by atoms with Crippen LogP contribution in [0.25, 0.3) is 0 Å². The van der Waals surface area contributed by atoms with Gasteiger partial charge in [-0.2, -0.15) is 0 Å². The Hall–Kier alpha value is -1.39. The van der Waals surface area contributed by atoms with Crippen LogP contribution in [-0.2, 0) is 20.0 Å². The molecule has 1 aromatic carbocycles. The Morgan fingerprint density at radius 1 is 1.32 bits per heavy atom. The lowest BCUT2D eigenvalue weighted by Crippen LogP contribution is -2.31. The van der Waals surface area contributed by atoms with E-state index in [1.165, 1.54) is 7.11 Å². The molecule has 4 heteroatoms. The van der Waals surface area contributed by atoms with E-state index in [1.807, 2.05) is 26.0 Å². The van der Waals surface area contributed by atoms with E-state index in [-0.39, 0.29) is 12.1 Å². The molecule has 1 unspecified atom stereocenters. The number of ether oxygens (including phenoxy) is 3. The Bertz CT molecular complexity index is 430. The summed E-state index contributed by atoms with van der Waals surface area (Å²) in [5.41, 5.74) is 1.48. The van der Waals surface area contributed by atoms with Crippen molar-refractivity contribution in [3.05, 3.63) is 35.4 Å². The molecule has 0 bridgehead atoms. The van der Waals surface area contributed by atoms with Crippen molar-refractivity contribution in [2.45, 2.75) is 38.6 Å². The van der Waals surface area contributed by atoms with Crippen LogP contribution in [-0.4, -0.2) is 25.8 Å². The van der Waals surface area contributed by atoms with Gasteiger partial charge in [0.05, 0.1) is 25.4 Å². The van der Waals surface area contributed by atoms with E-state index in [9.17, 15) is 4.79 Å². The van der Waals surface area contributed by atoms with E-state index in [0.29, 0.717) is 12.2 Å². The third kappa shape index (κ3) is 2.96. The molecule has 19 heavy (non-hydrogen) atoms. The van der Waals surface area contributed by atoms with E-state index in [4.69, 9.17) is 9.47 Å². The summed E-state index contributed by atoms with van der Waals surface area (Å²) in [5.74, 6) is -0.999. The molecule has 0 aliphatic carbocycles. The quantitative estimate of drug-likeness (QED) is 0.784. The molecule has 1 fully saturated rings. The zero-order valence-corrected chi connectivity index (χ0v) is 11.6. The van der Waals surface area contributed by atoms with Crippen LogP contribution in [0.2, 0.25) is 0 Å². The van der Waals surface area contributed by atoms with Gasteiger partial charge in [-0.15, -0.1) is 0 Å². The second kappa shape index (κ2) is 5.72. The standard InChI is InChI=1S/C15H20O4/c1-11(2)19-15(9-4-10-18-15)13-7-5-12(6-8-13)14(16)17-3/h5-8,11H,4,9-10H2,1-3H3. The summed E-state index contributed by atoms with van der Waals surface area (Å²) < 4.78 is 16.5. The maximum atomic E-state index is 11.4. The van der Waals surface area contributed by atoms with Crippen molar-refractivity contribution in [2.24, 2.45) is 0 Å². The SMILES string of the molecule is COC(=O)c1ccc(C2(OC(C)C)CCCO2)cc1. The van der Waals surface area contributed by atoms with Crippen LogP contribution >= 0.6 is 0 Å². The smallest absolute Gasteiger partial charge is 0.337 e. The lowest BCUT2D eigenvalue weighted by molar-refractivity contribution is -0.237. The highest BCUT2D eigenvalue weighted by atomic mass is 16.7. The summed E-state index contributed by atoms with van der Waals surface area (Å²) in [6.45, 7) is 4.68. The number of carbonyl (C=O) groups excluding carboxylic acids is 1. The highest BCUT2D eigenvalue weighted by Crippen LogP contribution is 2.38. The molecule has 1 atom stereocenters. The predicted octanol–water partition coefficient (Wildman–Crippen LogP) is 2.86. The van der Waals surface area contributed by atoms with Crippen molar-refractivity contribution >= 4 is 5.97 Å². The van der Waals surface area contributed by atoms with Gasteiger partial charge >= 0.3 is 5.97 Å². The van der Waals surface area contributed by atoms with Crippen LogP contribution in [0.4, 0.5) is 0 Å². The van der Waals surface area contributed by atoms with Crippen molar-refractivity contribution in [1.82, 2.24) is 0 Å². The van der Waals surface area contributed by atoms with Crippen LogP contribution in [0.3, 0.4) is 0 Å². The zero-order valence-electron chi connectivity index (χ0n) is 11.6. The molecule has 1 saturated heterocycles. The molecule has 104 valence electrons. The van der Waals surface area contributed by atoms with Gasteiger partial charge in [0.1, 0.15) is 0 Å². The van der Waals surface area contributed by atoms with E-state index < -0.39 is 5.79 Å². The average molecular weight is 264 g/mol. The largest absolute Gasteiger partial charge is 0.465 e. The lowest BCUT2D eigenvalue weighted by Gasteiger charge is -2.31. The summed E-state index contributed by atoms with van der Waals surface area (Å²) in [7, 11) is 1.37. The number of rotatable bonds is 4. The molecule has 1 heterocycles. The number of hydrogen-bond acceptors (Lipinski definition) is 4. The maximum absolute atomic E-state index is 11.4. The summed E-state index contributed by atoms with van der Waals surface area (Å²) in [5, 5.41) is 0. The van der Waals surface area contributed by atoms with Crippen molar-refractivity contribution < 1.29 is 19.0 Å². The van der Waals surface area contributed by atoms with Gasteiger partial charge < -0.3 is 14.2 Å². The van der Waals surface area contributed by atoms with E-state index in [2.05, 4.69) is 4.74 Å². The van der Waals surface area contributed by atoms with Gasteiger partial charge in [-0.05, 0) is 32.4 Å². The molecule has 0 spiro atoms. The predicted molar refractivity (Wildman–Crippen MR) is 70.9 cm³/mol. The van der Waals surface area contributed by atoms with Crippen LogP contribution in [0.15, 0.2) is 24.3 Å². The van der Waals surface area contributed by atoms with Gasteiger partial charge in [0.2, 0.25) is 0 Å². The minimum atomic E-state index is -0.664. The van der Waals surface area contributed by atoms with Crippen LogP contribution in [0.1, 0.15) is 42.6 Å². The Labute approximate surface area is 113 Å².